The second kappa shape index (κ2) is 12.4. The number of carbonyl (C=O) groups excluding carboxylic acids is 1. The number of nitrogens with zero attached hydrogens (tertiary/aromatic N) is 1. The molecule has 0 heterocycles. The predicted molar refractivity (Wildman–Crippen MR) is 157 cm³/mol. The van der Waals surface area contributed by atoms with Crippen molar-refractivity contribution in [1.82, 2.24) is 4.90 Å². The summed E-state index contributed by atoms with van der Waals surface area (Å²) in [5.74, 6) is -0.914. The van der Waals surface area contributed by atoms with Crippen molar-refractivity contribution in [3.63, 3.8) is 0 Å². The molecule has 0 spiro atoms. The van der Waals surface area contributed by atoms with E-state index in [2.05, 4.69) is 24.9 Å². The predicted octanol–water partition coefficient (Wildman–Crippen LogP) is 8.56. The maximum absolute atomic E-state index is 13.2. The normalized spacial score (nSPS) is 28.5. The van der Waals surface area contributed by atoms with Gasteiger partial charge in [0.2, 0.25) is 0 Å². The number of ketones is 1. The number of phenolic OH excluding ortho intramolecular Hbond substituents is 1. The number of hydrogen-bond donors (Lipinski definition) is 1. The lowest BCUT2D eigenvalue weighted by atomic mass is 9.50. The van der Waals surface area contributed by atoms with Crippen LogP contribution in [0, 0.1) is 23.2 Å². The number of fused-ring (bicyclic) bond motifs is 6. The molecule has 1 saturated carbocycles. The summed E-state index contributed by atoms with van der Waals surface area (Å²) in [4.78, 5) is 15.5. The van der Waals surface area contributed by atoms with Gasteiger partial charge in [0.05, 0.1) is 0 Å². The first-order valence-corrected chi connectivity index (χ1v) is 16.8. The zero-order chi connectivity index (χ0) is 30.3. The summed E-state index contributed by atoms with van der Waals surface area (Å²) in [5, 5.41) is 10.2. The van der Waals surface area contributed by atoms with Crippen LogP contribution in [0.3, 0.4) is 0 Å². The van der Waals surface area contributed by atoms with Crippen molar-refractivity contribution in [2.75, 3.05) is 31.6 Å². The summed E-state index contributed by atoms with van der Waals surface area (Å²) in [6.45, 7) is 4.07. The van der Waals surface area contributed by atoms with Crippen LogP contribution in [0.2, 0.25) is 0 Å². The molecule has 42 heavy (non-hydrogen) atoms. The average molecular weight is 614 g/mol. The number of thioether (sulfide) groups is 1. The van der Waals surface area contributed by atoms with Gasteiger partial charge in [-0.1, -0.05) is 31.4 Å². The molecule has 1 N–H and O–H groups in total. The van der Waals surface area contributed by atoms with E-state index >= 15 is 0 Å². The van der Waals surface area contributed by atoms with Crippen LogP contribution in [0.25, 0.3) is 0 Å². The third kappa shape index (κ3) is 6.43. The molecule has 9 heteroatoms. The molecule has 3 nitrogen and oxygen atoms in total. The van der Waals surface area contributed by atoms with Crippen LogP contribution in [0.15, 0.2) is 29.3 Å². The molecular formula is C33H44F5NO2S. The van der Waals surface area contributed by atoms with Crippen LogP contribution in [0.1, 0.15) is 88.2 Å². The van der Waals surface area contributed by atoms with Gasteiger partial charge >= 0.3 is 12.1 Å². The number of phenols is 1. The van der Waals surface area contributed by atoms with E-state index in [0.717, 1.165) is 82.2 Å². The van der Waals surface area contributed by atoms with E-state index in [9.17, 15) is 31.9 Å². The van der Waals surface area contributed by atoms with Gasteiger partial charge in [-0.2, -0.15) is 33.7 Å². The molecule has 0 saturated heterocycles. The first kappa shape index (κ1) is 31.8. The Labute approximate surface area is 250 Å². The smallest absolute Gasteiger partial charge is 0.453 e. The Hall–Kier alpha value is -1.61. The molecule has 234 valence electrons. The molecular weight excluding hydrogens is 569 g/mol. The molecule has 0 unspecified atom stereocenters. The number of alkyl halides is 5. The molecule has 4 aliphatic carbocycles. The number of rotatable bonds is 14. The highest BCUT2D eigenvalue weighted by Gasteiger charge is 2.63. The fourth-order valence-corrected chi connectivity index (χ4v) is 9.19. The quantitative estimate of drug-likeness (QED) is 0.169. The maximum atomic E-state index is 13.2. The van der Waals surface area contributed by atoms with Crippen molar-refractivity contribution in [2.45, 2.75) is 95.6 Å². The van der Waals surface area contributed by atoms with E-state index in [4.69, 9.17) is 0 Å². The minimum absolute atomic E-state index is 0.141. The number of unbranched alkanes of at least 4 members (excludes halogenated alkanes) is 2. The van der Waals surface area contributed by atoms with E-state index in [0.29, 0.717) is 41.0 Å². The molecule has 4 aliphatic rings. The van der Waals surface area contributed by atoms with E-state index in [-0.39, 0.29) is 11.8 Å². The second-order valence-electron chi connectivity index (χ2n) is 13.4. The number of halogens is 5. The third-order valence-electron chi connectivity index (χ3n) is 10.5. The van der Waals surface area contributed by atoms with Crippen molar-refractivity contribution in [1.29, 1.82) is 0 Å². The monoisotopic (exact) mass is 613 g/mol. The number of carbonyl (C=O) groups is 1. The summed E-state index contributed by atoms with van der Waals surface area (Å²) in [6, 6.07) is 5.90. The SMILES string of the molecule is CN(CCCCC[C@@H]1Cc2cc(O)ccc2[C@H]2CC[C@]3(C)C(=O)C4=C(C4)[C@H]3[C@H]12)CCCSCCCC(F)(F)C(F)(F)F. The number of allylic oxidation sites excluding steroid dienone is 2. The van der Waals surface area contributed by atoms with Crippen molar-refractivity contribution in [2.24, 2.45) is 23.2 Å². The van der Waals surface area contributed by atoms with Crippen LogP contribution in [0.4, 0.5) is 22.0 Å². The maximum Gasteiger partial charge on any atom is 0.453 e. The average Bonchev–Trinajstić information content (AvgIpc) is 3.66. The van der Waals surface area contributed by atoms with Crippen LogP contribution >= 0.6 is 11.8 Å². The van der Waals surface area contributed by atoms with Crippen molar-refractivity contribution in [3.8, 4) is 5.75 Å². The fourth-order valence-electron chi connectivity index (χ4n) is 8.31. The van der Waals surface area contributed by atoms with Crippen molar-refractivity contribution < 1.29 is 31.9 Å². The van der Waals surface area contributed by atoms with Crippen LogP contribution in [-0.4, -0.2) is 59.5 Å². The lowest BCUT2D eigenvalue weighted by Crippen LogP contribution is -2.48. The van der Waals surface area contributed by atoms with Gasteiger partial charge < -0.3 is 10.0 Å². The zero-order valence-electron chi connectivity index (χ0n) is 24.7. The van der Waals surface area contributed by atoms with Crippen molar-refractivity contribution in [3.05, 3.63) is 40.5 Å². The van der Waals surface area contributed by atoms with Crippen LogP contribution < -0.4 is 0 Å². The summed E-state index contributed by atoms with van der Waals surface area (Å²) in [5.41, 5.74) is 5.03. The Balaban J connectivity index is 1.04. The molecule has 5 atom stereocenters. The van der Waals surface area contributed by atoms with E-state index in [1.807, 2.05) is 12.1 Å². The Bertz CT molecular complexity index is 1180. The number of Topliss-reactive ketones (excluding diaryl/α,β-unsaturated/α-hetero) is 1. The third-order valence-corrected chi connectivity index (χ3v) is 11.7. The first-order valence-electron chi connectivity index (χ1n) is 15.6. The molecule has 1 fully saturated rings. The highest BCUT2D eigenvalue weighted by molar-refractivity contribution is 7.99. The largest absolute Gasteiger partial charge is 0.508 e. The summed E-state index contributed by atoms with van der Waals surface area (Å²) < 4.78 is 62.7. The standard InChI is InChI=1S/C33H44F5NO2S/c1-31-13-11-25-24-10-9-23(40)19-22(24)18-21(28(25)29(31)26-20-27(26)30(31)41)8-4-3-5-14-39(2)15-7-17-42-16-6-12-32(34,35)33(36,37)38/h9-10,19,21,25,28-29,40H,3-8,11-18,20H2,1-2H3/t21-,25-,28-,29+,31+/m1/s1. The molecule has 0 aliphatic heterocycles. The molecule has 1 aromatic carbocycles. The van der Waals surface area contributed by atoms with Gasteiger partial charge in [0.15, 0.2) is 5.78 Å². The Morgan fingerprint density at radius 1 is 1.05 bits per heavy atom. The molecule has 0 aromatic heterocycles. The zero-order valence-corrected chi connectivity index (χ0v) is 25.6. The minimum Gasteiger partial charge on any atom is -0.508 e. The van der Waals surface area contributed by atoms with Gasteiger partial charge in [0.1, 0.15) is 5.75 Å². The van der Waals surface area contributed by atoms with Crippen molar-refractivity contribution >= 4 is 17.5 Å². The Kier molecular flexibility index (Phi) is 9.40. The number of benzene rings is 1. The molecule has 1 aromatic rings. The molecule has 0 bridgehead atoms. The highest BCUT2D eigenvalue weighted by atomic mass is 32.2. The van der Waals surface area contributed by atoms with Gasteiger partial charge in [0, 0.05) is 11.8 Å². The number of hydrogen-bond acceptors (Lipinski definition) is 4. The topological polar surface area (TPSA) is 40.5 Å². The molecule has 5 rings (SSSR count). The molecule has 0 amide bonds. The highest BCUT2D eigenvalue weighted by Crippen LogP contribution is 2.68. The number of aromatic hydroxyl groups is 1. The van der Waals surface area contributed by atoms with E-state index in [1.165, 1.54) is 28.5 Å². The van der Waals surface area contributed by atoms with Gasteiger partial charge in [-0.3, -0.25) is 4.79 Å². The van der Waals surface area contributed by atoms with Gasteiger partial charge in [-0.25, -0.2) is 0 Å². The van der Waals surface area contributed by atoms with E-state index < -0.39 is 18.5 Å². The van der Waals surface area contributed by atoms with Gasteiger partial charge in [-0.05, 0) is 136 Å². The van der Waals surface area contributed by atoms with Gasteiger partial charge in [-0.15, -0.1) is 0 Å². The fraction of sp³-hybridized carbons (Fsp3) is 0.727. The lowest BCUT2D eigenvalue weighted by Gasteiger charge is -2.52. The van der Waals surface area contributed by atoms with Gasteiger partial charge in [0.25, 0.3) is 0 Å². The summed E-state index contributed by atoms with van der Waals surface area (Å²) >= 11 is 1.44. The molecule has 0 radical (unpaired) electrons. The van der Waals surface area contributed by atoms with Crippen LogP contribution in [-0.2, 0) is 11.2 Å². The first-order chi connectivity index (χ1) is 19.8. The summed E-state index contributed by atoms with van der Waals surface area (Å²) in [6.07, 6.45) is 2.52. The van der Waals surface area contributed by atoms with Crippen LogP contribution in [0.5, 0.6) is 5.75 Å². The minimum atomic E-state index is -5.46. The second-order valence-corrected chi connectivity index (χ2v) is 14.6. The Morgan fingerprint density at radius 2 is 1.79 bits per heavy atom. The van der Waals surface area contributed by atoms with E-state index in [1.54, 1.807) is 0 Å². The lowest BCUT2D eigenvalue weighted by molar-refractivity contribution is -0.284. The summed E-state index contributed by atoms with van der Waals surface area (Å²) in [7, 11) is 2.07. The Morgan fingerprint density at radius 3 is 2.55 bits per heavy atom.